The van der Waals surface area contributed by atoms with Crippen molar-refractivity contribution in [1.82, 2.24) is 0 Å². The zero-order valence-electron chi connectivity index (χ0n) is 18.5. The number of rotatable bonds is 5. The SMILES string of the molecule is O=C1/C(=C\c2c(OCc3ccccc3)ccc3ccccc23)SC(=S)N1c1ccc2c(c1)OCO2. The molecule has 2 heterocycles. The van der Waals surface area contributed by atoms with Crippen LogP contribution in [0.4, 0.5) is 5.69 Å². The highest BCUT2D eigenvalue weighted by atomic mass is 32.2. The second-order valence-electron chi connectivity index (χ2n) is 8.03. The van der Waals surface area contributed by atoms with Crippen molar-refractivity contribution in [3.8, 4) is 17.2 Å². The molecule has 0 N–H and O–H groups in total. The molecule has 0 bridgehead atoms. The molecule has 0 aromatic heterocycles. The average molecular weight is 498 g/mol. The van der Waals surface area contributed by atoms with Crippen LogP contribution in [0.1, 0.15) is 11.1 Å². The predicted molar refractivity (Wildman–Crippen MR) is 143 cm³/mol. The molecule has 0 unspecified atom stereocenters. The van der Waals surface area contributed by atoms with Crippen molar-refractivity contribution in [2.24, 2.45) is 0 Å². The maximum Gasteiger partial charge on any atom is 0.270 e. The van der Waals surface area contributed by atoms with E-state index in [0.717, 1.165) is 21.9 Å². The number of thioether (sulfide) groups is 1. The van der Waals surface area contributed by atoms with Gasteiger partial charge in [-0.3, -0.25) is 9.69 Å². The van der Waals surface area contributed by atoms with Crippen LogP contribution < -0.4 is 19.1 Å². The minimum atomic E-state index is -0.180. The molecule has 2 aliphatic rings. The third-order valence-corrected chi connectivity index (χ3v) is 7.15. The van der Waals surface area contributed by atoms with Gasteiger partial charge in [-0.15, -0.1) is 0 Å². The van der Waals surface area contributed by atoms with Crippen molar-refractivity contribution in [3.63, 3.8) is 0 Å². The van der Waals surface area contributed by atoms with Gasteiger partial charge in [0, 0.05) is 11.6 Å². The lowest BCUT2D eigenvalue weighted by atomic mass is 10.0. The summed E-state index contributed by atoms with van der Waals surface area (Å²) in [6.07, 6.45) is 1.88. The van der Waals surface area contributed by atoms with Gasteiger partial charge in [-0.1, -0.05) is 84.6 Å². The lowest BCUT2D eigenvalue weighted by Crippen LogP contribution is -2.27. The molecule has 0 radical (unpaired) electrons. The molecular weight excluding hydrogens is 478 g/mol. The Hall–Kier alpha value is -3.81. The van der Waals surface area contributed by atoms with E-state index in [4.69, 9.17) is 26.4 Å². The largest absolute Gasteiger partial charge is 0.488 e. The first-order valence-corrected chi connectivity index (χ1v) is 12.3. The predicted octanol–water partition coefficient (Wildman–Crippen LogP) is 6.55. The van der Waals surface area contributed by atoms with Gasteiger partial charge in [-0.2, -0.15) is 0 Å². The zero-order chi connectivity index (χ0) is 23.8. The molecule has 1 fully saturated rings. The summed E-state index contributed by atoms with van der Waals surface area (Å²) in [4.78, 5) is 15.6. The molecule has 0 atom stereocenters. The first kappa shape index (κ1) is 21.7. The van der Waals surface area contributed by atoms with E-state index >= 15 is 0 Å². The lowest BCUT2D eigenvalue weighted by molar-refractivity contribution is -0.113. The van der Waals surface area contributed by atoms with E-state index < -0.39 is 0 Å². The molecule has 0 aliphatic carbocycles. The number of ether oxygens (including phenoxy) is 3. The lowest BCUT2D eigenvalue weighted by Gasteiger charge is -2.15. The molecule has 1 amide bonds. The van der Waals surface area contributed by atoms with E-state index in [1.54, 1.807) is 12.1 Å². The van der Waals surface area contributed by atoms with Gasteiger partial charge in [0.2, 0.25) is 6.79 Å². The van der Waals surface area contributed by atoms with Crippen LogP contribution in [-0.4, -0.2) is 17.0 Å². The summed E-state index contributed by atoms with van der Waals surface area (Å²) in [6, 6.07) is 27.4. The molecule has 0 spiro atoms. The number of benzene rings is 4. The monoisotopic (exact) mass is 497 g/mol. The van der Waals surface area contributed by atoms with E-state index in [9.17, 15) is 4.79 Å². The van der Waals surface area contributed by atoms with E-state index in [1.165, 1.54) is 16.7 Å². The van der Waals surface area contributed by atoms with Gasteiger partial charge < -0.3 is 14.2 Å². The fourth-order valence-electron chi connectivity index (χ4n) is 4.13. The van der Waals surface area contributed by atoms with Crippen LogP contribution in [0.5, 0.6) is 17.2 Å². The van der Waals surface area contributed by atoms with Gasteiger partial charge in [-0.25, -0.2) is 0 Å². The highest BCUT2D eigenvalue weighted by molar-refractivity contribution is 8.27. The molecule has 4 aromatic rings. The minimum Gasteiger partial charge on any atom is -0.488 e. The smallest absolute Gasteiger partial charge is 0.270 e. The quantitative estimate of drug-likeness (QED) is 0.230. The number of fused-ring (bicyclic) bond motifs is 2. The van der Waals surface area contributed by atoms with Crippen LogP contribution >= 0.6 is 24.0 Å². The number of nitrogens with zero attached hydrogens (tertiary/aromatic N) is 1. The number of amides is 1. The Labute approximate surface area is 211 Å². The van der Waals surface area contributed by atoms with E-state index in [0.29, 0.717) is 38.8 Å². The first-order chi connectivity index (χ1) is 17.2. The third-order valence-electron chi connectivity index (χ3n) is 5.85. The fourth-order valence-corrected chi connectivity index (χ4v) is 5.41. The number of carbonyl (C=O) groups is 1. The molecule has 7 heteroatoms. The summed E-state index contributed by atoms with van der Waals surface area (Å²) >= 11 is 6.87. The Morgan fingerprint density at radius 3 is 2.63 bits per heavy atom. The molecule has 4 aromatic carbocycles. The van der Waals surface area contributed by atoms with Gasteiger partial charge in [0.05, 0.1) is 10.6 Å². The number of thiocarbonyl (C=S) groups is 1. The summed E-state index contributed by atoms with van der Waals surface area (Å²) in [6.45, 7) is 0.599. The van der Waals surface area contributed by atoms with Crippen molar-refractivity contribution in [1.29, 1.82) is 0 Å². The second-order valence-corrected chi connectivity index (χ2v) is 9.70. The highest BCUT2D eigenvalue weighted by Gasteiger charge is 2.34. The topological polar surface area (TPSA) is 48.0 Å². The number of anilines is 1. The maximum atomic E-state index is 13.5. The fraction of sp³-hybridized carbons (Fsp3) is 0.0714. The van der Waals surface area contributed by atoms with Gasteiger partial charge in [0.25, 0.3) is 5.91 Å². The van der Waals surface area contributed by atoms with Gasteiger partial charge in [0.15, 0.2) is 15.8 Å². The van der Waals surface area contributed by atoms with Gasteiger partial charge >= 0.3 is 0 Å². The Balaban J connectivity index is 1.37. The molecular formula is C28H19NO4S2. The third kappa shape index (κ3) is 4.13. The Kier molecular flexibility index (Phi) is 5.64. The van der Waals surface area contributed by atoms with Gasteiger partial charge in [0.1, 0.15) is 12.4 Å². The van der Waals surface area contributed by atoms with Crippen molar-refractivity contribution in [2.75, 3.05) is 11.7 Å². The van der Waals surface area contributed by atoms with Crippen molar-refractivity contribution in [2.45, 2.75) is 6.61 Å². The summed E-state index contributed by atoms with van der Waals surface area (Å²) in [5.41, 5.74) is 2.57. The average Bonchev–Trinajstić information content (AvgIpc) is 3.47. The van der Waals surface area contributed by atoms with E-state index in [2.05, 4.69) is 0 Å². The minimum absolute atomic E-state index is 0.171. The van der Waals surface area contributed by atoms with Gasteiger partial charge in [-0.05, 0) is 40.6 Å². The van der Waals surface area contributed by atoms with E-state index in [-0.39, 0.29) is 12.7 Å². The normalized spacial score (nSPS) is 15.9. The molecule has 6 rings (SSSR count). The van der Waals surface area contributed by atoms with Crippen LogP contribution in [0.25, 0.3) is 16.8 Å². The molecule has 5 nitrogen and oxygen atoms in total. The summed E-state index contributed by atoms with van der Waals surface area (Å²) in [5, 5.41) is 2.07. The standard InChI is InChI=1S/C28H19NO4S2/c30-27-26(35-28(34)29(27)20-11-13-24-25(14-20)33-17-32-24)15-22-21-9-5-4-8-19(21)10-12-23(22)31-16-18-6-2-1-3-7-18/h1-15H,16-17H2/b26-15+. The zero-order valence-corrected chi connectivity index (χ0v) is 20.1. The summed E-state index contributed by atoms with van der Waals surface area (Å²) in [7, 11) is 0. The summed E-state index contributed by atoms with van der Waals surface area (Å²) < 4.78 is 17.6. The van der Waals surface area contributed by atoms with Crippen LogP contribution in [0.15, 0.2) is 89.8 Å². The number of carbonyl (C=O) groups excluding carboxylic acids is 1. The van der Waals surface area contributed by atoms with Crippen molar-refractivity contribution >= 4 is 56.7 Å². The van der Waals surface area contributed by atoms with Crippen molar-refractivity contribution < 1.29 is 19.0 Å². The van der Waals surface area contributed by atoms with Crippen molar-refractivity contribution in [3.05, 3.63) is 101 Å². The number of hydrogen-bond donors (Lipinski definition) is 0. The highest BCUT2D eigenvalue weighted by Crippen LogP contribution is 2.42. The summed E-state index contributed by atoms with van der Waals surface area (Å²) in [5.74, 6) is 1.79. The molecule has 2 aliphatic heterocycles. The maximum absolute atomic E-state index is 13.5. The molecule has 1 saturated heterocycles. The second kappa shape index (κ2) is 9.09. The Morgan fingerprint density at radius 1 is 0.943 bits per heavy atom. The van der Waals surface area contributed by atoms with Crippen LogP contribution in [0.2, 0.25) is 0 Å². The van der Waals surface area contributed by atoms with Crippen LogP contribution in [-0.2, 0) is 11.4 Å². The first-order valence-electron chi connectivity index (χ1n) is 11.0. The Bertz CT molecular complexity index is 1500. The van der Waals surface area contributed by atoms with Crippen LogP contribution in [0.3, 0.4) is 0 Å². The van der Waals surface area contributed by atoms with E-state index in [1.807, 2.05) is 78.9 Å². The molecule has 35 heavy (non-hydrogen) atoms. The van der Waals surface area contributed by atoms with Crippen LogP contribution in [0, 0.1) is 0 Å². The molecule has 0 saturated carbocycles. The Morgan fingerprint density at radius 2 is 1.74 bits per heavy atom. The number of hydrogen-bond acceptors (Lipinski definition) is 6. The molecule has 172 valence electrons.